The average Bonchev–Trinajstić information content (AvgIpc) is 2.69. The minimum Gasteiger partial charge on any atom is -0.379 e. The Labute approximate surface area is 168 Å². The maximum Gasteiger partial charge on any atom is 0.240 e. The first kappa shape index (κ1) is 20.8. The Kier molecular flexibility index (Phi) is 6.72. The lowest BCUT2D eigenvalue weighted by Gasteiger charge is -2.35. The molecule has 1 saturated heterocycles. The standard InChI is InChI=1S/C21H29N3O3S/c1-17-6-4-5-7-21(17)28(25,26)22-16-20(24-12-14-27-15-13-24)18-8-10-19(11-9-18)23(2)3/h4-11,20,22H,12-16H2,1-3H3/t20-/m0/s1. The molecule has 0 bridgehead atoms. The molecule has 1 N–H and O–H groups in total. The van der Waals surface area contributed by atoms with E-state index in [4.69, 9.17) is 4.74 Å². The number of sulfonamides is 1. The fourth-order valence-electron chi connectivity index (χ4n) is 3.47. The molecule has 1 heterocycles. The van der Waals surface area contributed by atoms with Gasteiger partial charge in [0.2, 0.25) is 10.0 Å². The van der Waals surface area contributed by atoms with Crippen LogP contribution in [0.4, 0.5) is 5.69 Å². The summed E-state index contributed by atoms with van der Waals surface area (Å²) in [6.07, 6.45) is 0. The summed E-state index contributed by atoms with van der Waals surface area (Å²) in [6.45, 7) is 5.03. The molecule has 6 nitrogen and oxygen atoms in total. The second kappa shape index (κ2) is 9.05. The van der Waals surface area contributed by atoms with E-state index in [0.717, 1.165) is 29.9 Å². The van der Waals surface area contributed by atoms with Crippen LogP contribution in [-0.4, -0.2) is 60.3 Å². The third-order valence-corrected chi connectivity index (χ3v) is 6.71. The predicted octanol–water partition coefficient (Wildman–Crippen LogP) is 2.41. The molecular formula is C21H29N3O3S. The average molecular weight is 404 g/mol. The molecule has 0 saturated carbocycles. The number of rotatable bonds is 7. The molecule has 1 aliphatic heterocycles. The van der Waals surface area contributed by atoms with Gasteiger partial charge in [0.1, 0.15) is 0 Å². The lowest BCUT2D eigenvalue weighted by Crippen LogP contribution is -2.43. The minimum absolute atomic E-state index is 0.0427. The van der Waals surface area contributed by atoms with Crippen molar-refractivity contribution in [3.05, 3.63) is 59.7 Å². The van der Waals surface area contributed by atoms with Gasteiger partial charge in [-0.25, -0.2) is 13.1 Å². The second-order valence-corrected chi connectivity index (χ2v) is 9.00. The highest BCUT2D eigenvalue weighted by Crippen LogP contribution is 2.25. The molecule has 3 rings (SSSR count). The van der Waals surface area contributed by atoms with Crippen molar-refractivity contribution in [2.24, 2.45) is 0 Å². The Hall–Kier alpha value is -1.93. The lowest BCUT2D eigenvalue weighted by molar-refractivity contribution is 0.0172. The normalized spacial score (nSPS) is 16.7. The molecular weight excluding hydrogens is 374 g/mol. The fraction of sp³-hybridized carbons (Fsp3) is 0.429. The maximum atomic E-state index is 12.9. The van der Waals surface area contributed by atoms with Gasteiger partial charge in [-0.2, -0.15) is 0 Å². The van der Waals surface area contributed by atoms with Gasteiger partial charge in [0.25, 0.3) is 0 Å². The Morgan fingerprint density at radius 1 is 1.07 bits per heavy atom. The molecule has 1 fully saturated rings. The van der Waals surface area contributed by atoms with E-state index in [1.54, 1.807) is 12.1 Å². The summed E-state index contributed by atoms with van der Waals surface area (Å²) in [5.41, 5.74) is 2.96. The molecule has 0 radical (unpaired) electrons. The van der Waals surface area contributed by atoms with Crippen LogP contribution in [0.2, 0.25) is 0 Å². The van der Waals surface area contributed by atoms with Gasteiger partial charge in [-0.3, -0.25) is 4.90 Å². The first-order chi connectivity index (χ1) is 13.4. The molecule has 2 aromatic rings. The van der Waals surface area contributed by atoms with Crippen LogP contribution in [0.25, 0.3) is 0 Å². The van der Waals surface area contributed by atoms with Crippen LogP contribution < -0.4 is 9.62 Å². The molecule has 0 spiro atoms. The molecule has 28 heavy (non-hydrogen) atoms. The van der Waals surface area contributed by atoms with Crippen molar-refractivity contribution in [1.82, 2.24) is 9.62 Å². The van der Waals surface area contributed by atoms with Gasteiger partial charge in [0.15, 0.2) is 0 Å². The summed E-state index contributed by atoms with van der Waals surface area (Å²) in [7, 11) is 0.439. The van der Waals surface area contributed by atoms with Crippen LogP contribution in [0.3, 0.4) is 0 Å². The molecule has 1 aliphatic rings. The zero-order valence-corrected chi connectivity index (χ0v) is 17.6. The number of nitrogens with one attached hydrogen (secondary N) is 1. The monoisotopic (exact) mass is 403 g/mol. The zero-order valence-electron chi connectivity index (χ0n) is 16.8. The SMILES string of the molecule is Cc1ccccc1S(=O)(=O)NC[C@@H](c1ccc(N(C)C)cc1)N1CCOCC1. The number of aryl methyl sites for hydroxylation is 1. The highest BCUT2D eigenvalue weighted by molar-refractivity contribution is 7.89. The highest BCUT2D eigenvalue weighted by atomic mass is 32.2. The summed E-state index contributed by atoms with van der Waals surface area (Å²) in [4.78, 5) is 4.67. The Morgan fingerprint density at radius 3 is 2.32 bits per heavy atom. The quantitative estimate of drug-likeness (QED) is 0.769. The summed E-state index contributed by atoms with van der Waals surface area (Å²) >= 11 is 0. The van der Waals surface area contributed by atoms with Gasteiger partial charge in [-0.15, -0.1) is 0 Å². The zero-order chi connectivity index (χ0) is 20.1. The van der Waals surface area contributed by atoms with Crippen molar-refractivity contribution in [3.8, 4) is 0 Å². The number of ether oxygens (including phenoxy) is 1. The van der Waals surface area contributed by atoms with Gasteiger partial charge in [-0.1, -0.05) is 30.3 Å². The van der Waals surface area contributed by atoms with E-state index >= 15 is 0 Å². The van der Waals surface area contributed by atoms with E-state index in [1.165, 1.54) is 0 Å². The largest absolute Gasteiger partial charge is 0.379 e. The van der Waals surface area contributed by atoms with Crippen LogP contribution in [0, 0.1) is 6.92 Å². The van der Waals surface area contributed by atoms with E-state index in [-0.39, 0.29) is 6.04 Å². The molecule has 0 aliphatic carbocycles. The summed E-state index contributed by atoms with van der Waals surface area (Å²) in [5, 5.41) is 0. The first-order valence-corrected chi connectivity index (χ1v) is 11.0. The topological polar surface area (TPSA) is 61.9 Å². The molecule has 7 heteroatoms. The van der Waals surface area contributed by atoms with E-state index in [2.05, 4.69) is 38.8 Å². The first-order valence-electron chi connectivity index (χ1n) is 9.53. The van der Waals surface area contributed by atoms with Gasteiger partial charge in [0.05, 0.1) is 18.1 Å². The van der Waals surface area contributed by atoms with Gasteiger partial charge in [-0.05, 0) is 36.2 Å². The number of morpholine rings is 1. The molecule has 0 aromatic heterocycles. The van der Waals surface area contributed by atoms with Gasteiger partial charge in [0, 0.05) is 45.5 Å². The van der Waals surface area contributed by atoms with Crippen molar-refractivity contribution >= 4 is 15.7 Å². The highest BCUT2D eigenvalue weighted by Gasteiger charge is 2.25. The van der Waals surface area contributed by atoms with E-state index in [0.29, 0.717) is 24.7 Å². The Balaban J connectivity index is 1.82. The number of anilines is 1. The van der Waals surface area contributed by atoms with Crippen LogP contribution in [0.15, 0.2) is 53.4 Å². The summed E-state index contributed by atoms with van der Waals surface area (Å²) in [6, 6.07) is 15.3. The van der Waals surface area contributed by atoms with Crippen molar-refractivity contribution in [1.29, 1.82) is 0 Å². The number of benzene rings is 2. The van der Waals surface area contributed by atoms with E-state index in [9.17, 15) is 8.42 Å². The third kappa shape index (κ3) is 4.91. The van der Waals surface area contributed by atoms with Crippen molar-refractivity contribution in [2.75, 3.05) is 51.8 Å². The molecule has 1 atom stereocenters. The van der Waals surface area contributed by atoms with E-state index < -0.39 is 10.0 Å². The molecule has 2 aromatic carbocycles. The van der Waals surface area contributed by atoms with Gasteiger partial charge >= 0.3 is 0 Å². The molecule has 0 amide bonds. The van der Waals surface area contributed by atoms with Crippen LogP contribution in [-0.2, 0) is 14.8 Å². The summed E-state index contributed by atoms with van der Waals surface area (Å²) < 4.78 is 34.0. The molecule has 152 valence electrons. The number of hydrogen-bond donors (Lipinski definition) is 1. The van der Waals surface area contributed by atoms with Gasteiger partial charge < -0.3 is 9.64 Å². The smallest absolute Gasteiger partial charge is 0.240 e. The van der Waals surface area contributed by atoms with Crippen LogP contribution >= 0.6 is 0 Å². The minimum atomic E-state index is -3.57. The van der Waals surface area contributed by atoms with Crippen molar-refractivity contribution in [3.63, 3.8) is 0 Å². The summed E-state index contributed by atoms with van der Waals surface area (Å²) in [5.74, 6) is 0. The van der Waals surface area contributed by atoms with E-state index in [1.807, 2.05) is 33.2 Å². The van der Waals surface area contributed by atoms with Crippen LogP contribution in [0.5, 0.6) is 0 Å². The lowest BCUT2D eigenvalue weighted by atomic mass is 10.0. The Bertz CT molecular complexity index is 876. The van der Waals surface area contributed by atoms with Crippen molar-refractivity contribution < 1.29 is 13.2 Å². The Morgan fingerprint density at radius 2 is 1.71 bits per heavy atom. The third-order valence-electron chi connectivity index (χ3n) is 5.13. The van der Waals surface area contributed by atoms with Crippen molar-refractivity contribution in [2.45, 2.75) is 17.9 Å². The predicted molar refractivity (Wildman–Crippen MR) is 112 cm³/mol. The second-order valence-electron chi connectivity index (χ2n) is 7.27. The maximum absolute atomic E-state index is 12.9. The molecule has 0 unspecified atom stereocenters. The van der Waals surface area contributed by atoms with Crippen LogP contribution in [0.1, 0.15) is 17.2 Å². The fourth-order valence-corrected chi connectivity index (χ4v) is 4.75. The number of nitrogens with zero attached hydrogens (tertiary/aromatic N) is 2. The number of hydrogen-bond acceptors (Lipinski definition) is 5.